The summed E-state index contributed by atoms with van der Waals surface area (Å²) >= 11 is 6.74. The summed E-state index contributed by atoms with van der Waals surface area (Å²) in [5.74, 6) is 0.370. The number of halogens is 3. The number of ether oxygens (including phenoxy) is 2. The number of nitrogens with one attached hydrogen (secondary N) is 1. The number of hydrogen-bond donors (Lipinski definition) is 1. The number of esters is 1. The lowest BCUT2D eigenvalue weighted by Gasteiger charge is -2.11. The van der Waals surface area contributed by atoms with Gasteiger partial charge in [0.2, 0.25) is 11.8 Å². The molecule has 34 heavy (non-hydrogen) atoms. The SMILES string of the molecule is CC(=O)Nc1ccc(C2=N/C(=C\c3cc(I)c(OCc4ccc(I)cc4)c(I)c3)C(=O)O2)cc1. The summed E-state index contributed by atoms with van der Waals surface area (Å²) in [4.78, 5) is 28.0. The average Bonchev–Trinajstić information content (AvgIpc) is 3.14. The Labute approximate surface area is 237 Å². The Morgan fingerprint density at radius 1 is 1.03 bits per heavy atom. The largest absolute Gasteiger partial charge is 0.487 e. The van der Waals surface area contributed by atoms with Gasteiger partial charge < -0.3 is 14.8 Å². The van der Waals surface area contributed by atoms with E-state index in [2.05, 4.69) is 102 Å². The Hall–Kier alpha value is -2.00. The second kappa shape index (κ2) is 11.2. The normalized spacial score (nSPS) is 14.1. The summed E-state index contributed by atoms with van der Waals surface area (Å²) < 4.78 is 14.5. The van der Waals surface area contributed by atoms with E-state index in [-0.39, 0.29) is 17.5 Å². The van der Waals surface area contributed by atoms with Crippen LogP contribution in [0, 0.1) is 10.7 Å². The van der Waals surface area contributed by atoms with Gasteiger partial charge in [-0.1, -0.05) is 12.1 Å². The van der Waals surface area contributed by atoms with E-state index >= 15 is 0 Å². The first-order chi connectivity index (χ1) is 16.3. The van der Waals surface area contributed by atoms with Crippen molar-refractivity contribution in [2.45, 2.75) is 13.5 Å². The second-order valence-electron chi connectivity index (χ2n) is 7.32. The Morgan fingerprint density at radius 2 is 1.68 bits per heavy atom. The van der Waals surface area contributed by atoms with Gasteiger partial charge in [0, 0.05) is 21.7 Å². The van der Waals surface area contributed by atoms with Gasteiger partial charge in [0.15, 0.2) is 5.70 Å². The zero-order valence-electron chi connectivity index (χ0n) is 17.8. The number of nitrogens with zero attached hydrogens (tertiary/aromatic N) is 1. The molecule has 9 heteroatoms. The lowest BCUT2D eigenvalue weighted by Crippen LogP contribution is -2.07. The first-order valence-electron chi connectivity index (χ1n) is 10.1. The van der Waals surface area contributed by atoms with Crippen molar-refractivity contribution in [1.82, 2.24) is 0 Å². The molecule has 3 aromatic carbocycles. The van der Waals surface area contributed by atoms with Gasteiger partial charge in [-0.15, -0.1) is 0 Å². The van der Waals surface area contributed by atoms with Crippen molar-refractivity contribution >= 4 is 97.3 Å². The third kappa shape index (κ3) is 6.36. The summed E-state index contributed by atoms with van der Waals surface area (Å²) in [6.07, 6.45) is 1.70. The average molecular weight is 790 g/mol. The van der Waals surface area contributed by atoms with Gasteiger partial charge in [-0.25, -0.2) is 9.79 Å². The van der Waals surface area contributed by atoms with Crippen LogP contribution in [0.2, 0.25) is 0 Å². The van der Waals surface area contributed by atoms with Crippen LogP contribution < -0.4 is 10.1 Å². The fraction of sp³-hybridized carbons (Fsp3) is 0.0800. The van der Waals surface area contributed by atoms with Crippen LogP contribution >= 0.6 is 67.8 Å². The third-order valence-electron chi connectivity index (χ3n) is 4.69. The number of anilines is 1. The van der Waals surface area contributed by atoms with Crippen LogP contribution in [-0.2, 0) is 20.9 Å². The van der Waals surface area contributed by atoms with E-state index in [0.717, 1.165) is 24.0 Å². The number of carbonyl (C=O) groups excluding carboxylic acids is 2. The first-order valence-corrected chi connectivity index (χ1v) is 13.3. The number of rotatable bonds is 6. The smallest absolute Gasteiger partial charge is 0.363 e. The van der Waals surface area contributed by atoms with Crippen LogP contribution in [0.15, 0.2) is 71.4 Å². The summed E-state index contributed by atoms with van der Waals surface area (Å²) in [5, 5.41) is 2.70. The minimum Gasteiger partial charge on any atom is -0.487 e. The van der Waals surface area contributed by atoms with Crippen molar-refractivity contribution in [2.75, 3.05) is 5.32 Å². The monoisotopic (exact) mass is 790 g/mol. The van der Waals surface area contributed by atoms with Crippen LogP contribution in [0.3, 0.4) is 0 Å². The molecule has 0 fully saturated rings. The zero-order valence-corrected chi connectivity index (χ0v) is 24.2. The molecule has 0 unspecified atom stereocenters. The molecule has 1 N–H and O–H groups in total. The number of cyclic esters (lactones) is 1. The zero-order chi connectivity index (χ0) is 24.2. The molecule has 0 spiro atoms. The van der Waals surface area contributed by atoms with Crippen molar-refractivity contribution in [3.05, 3.63) is 93.8 Å². The van der Waals surface area contributed by atoms with E-state index in [9.17, 15) is 9.59 Å². The maximum Gasteiger partial charge on any atom is 0.363 e. The van der Waals surface area contributed by atoms with E-state index in [1.165, 1.54) is 10.5 Å². The van der Waals surface area contributed by atoms with Crippen LogP contribution in [0.4, 0.5) is 5.69 Å². The van der Waals surface area contributed by atoms with Crippen LogP contribution in [0.25, 0.3) is 6.08 Å². The van der Waals surface area contributed by atoms with Gasteiger partial charge in [-0.05, 0) is 134 Å². The molecule has 6 nitrogen and oxygen atoms in total. The van der Waals surface area contributed by atoms with E-state index in [1.807, 2.05) is 12.1 Å². The molecule has 1 amide bonds. The van der Waals surface area contributed by atoms with E-state index in [0.29, 0.717) is 17.9 Å². The molecule has 4 rings (SSSR count). The third-order valence-corrected chi connectivity index (χ3v) is 7.01. The maximum atomic E-state index is 12.4. The molecule has 0 atom stereocenters. The van der Waals surface area contributed by atoms with Crippen LogP contribution in [-0.4, -0.2) is 17.8 Å². The Bertz CT molecular complexity index is 1290. The lowest BCUT2D eigenvalue weighted by atomic mass is 10.2. The Morgan fingerprint density at radius 3 is 2.29 bits per heavy atom. The van der Waals surface area contributed by atoms with E-state index in [4.69, 9.17) is 9.47 Å². The molecule has 0 saturated heterocycles. The fourth-order valence-corrected chi connectivity index (χ4v) is 5.61. The first kappa shape index (κ1) is 25.1. The molecular formula is C25H17I3N2O4. The minimum absolute atomic E-state index is 0.154. The van der Waals surface area contributed by atoms with Gasteiger partial charge >= 0.3 is 5.97 Å². The molecule has 0 aromatic heterocycles. The number of aliphatic imine (C=N–C) groups is 1. The van der Waals surface area contributed by atoms with Gasteiger partial charge in [0.25, 0.3) is 0 Å². The molecule has 1 aliphatic rings. The number of carbonyl (C=O) groups is 2. The van der Waals surface area contributed by atoms with Crippen LogP contribution in [0.5, 0.6) is 5.75 Å². The molecule has 0 bridgehead atoms. The molecule has 172 valence electrons. The summed E-state index contributed by atoms with van der Waals surface area (Å²) in [5.41, 5.74) is 3.45. The van der Waals surface area contributed by atoms with Crippen LogP contribution in [0.1, 0.15) is 23.6 Å². The molecule has 3 aromatic rings. The summed E-state index contributed by atoms with van der Waals surface area (Å²) in [7, 11) is 0. The van der Waals surface area contributed by atoms with Gasteiger partial charge in [0.1, 0.15) is 12.4 Å². The number of benzene rings is 3. The quantitative estimate of drug-likeness (QED) is 0.179. The van der Waals surface area contributed by atoms with Gasteiger partial charge in [-0.3, -0.25) is 4.79 Å². The maximum absolute atomic E-state index is 12.4. The minimum atomic E-state index is -0.509. The van der Waals surface area contributed by atoms with E-state index < -0.39 is 5.97 Å². The second-order valence-corrected chi connectivity index (χ2v) is 10.9. The highest BCUT2D eigenvalue weighted by atomic mass is 127. The van der Waals surface area contributed by atoms with Crippen molar-refractivity contribution in [3.63, 3.8) is 0 Å². The fourth-order valence-electron chi connectivity index (χ4n) is 3.13. The Balaban J connectivity index is 1.51. The number of amides is 1. The molecule has 1 heterocycles. The molecular weight excluding hydrogens is 773 g/mol. The van der Waals surface area contributed by atoms with Gasteiger partial charge in [-0.2, -0.15) is 0 Å². The predicted molar refractivity (Wildman–Crippen MR) is 157 cm³/mol. The lowest BCUT2D eigenvalue weighted by molar-refractivity contribution is -0.129. The molecule has 0 saturated carbocycles. The topological polar surface area (TPSA) is 77.0 Å². The molecule has 0 radical (unpaired) electrons. The van der Waals surface area contributed by atoms with Gasteiger partial charge in [0.05, 0.1) is 7.14 Å². The highest BCUT2D eigenvalue weighted by Gasteiger charge is 2.24. The molecule has 0 aliphatic carbocycles. The summed E-state index contributed by atoms with van der Waals surface area (Å²) in [6.45, 7) is 1.92. The summed E-state index contributed by atoms with van der Waals surface area (Å²) in [6, 6.07) is 19.0. The number of hydrogen-bond acceptors (Lipinski definition) is 5. The molecule has 1 aliphatic heterocycles. The standard InChI is InChI=1S/C25H17I3N2O4/c1-14(31)29-19-8-4-17(5-9-19)24-30-22(25(32)34-24)12-16-10-20(27)23(21(28)11-16)33-13-15-2-6-18(26)7-3-15/h2-12H,13H2,1H3,(H,29,31)/b22-12-. The van der Waals surface area contributed by atoms with E-state index in [1.54, 1.807) is 30.3 Å². The highest BCUT2D eigenvalue weighted by Crippen LogP contribution is 2.31. The van der Waals surface area contributed by atoms with Crippen molar-refractivity contribution in [2.24, 2.45) is 4.99 Å². The van der Waals surface area contributed by atoms with Crippen molar-refractivity contribution in [3.8, 4) is 5.75 Å². The van der Waals surface area contributed by atoms with Crippen molar-refractivity contribution in [1.29, 1.82) is 0 Å². The predicted octanol–water partition coefficient (Wildman–Crippen LogP) is 6.38. The van der Waals surface area contributed by atoms with Crippen molar-refractivity contribution < 1.29 is 19.1 Å². The highest BCUT2D eigenvalue weighted by molar-refractivity contribution is 14.1. The Kier molecular flexibility index (Phi) is 8.24.